The number of benzene rings is 1. The Morgan fingerprint density at radius 3 is 2.42 bits per heavy atom. The number of fused-ring (bicyclic) bond motifs is 1. The zero-order chi connectivity index (χ0) is 17.6. The Balaban J connectivity index is 2.44. The Morgan fingerprint density at radius 1 is 1.17 bits per heavy atom. The van der Waals surface area contributed by atoms with Crippen LogP contribution < -0.4 is 4.31 Å². The smallest absolute Gasteiger partial charge is 0.269 e. The van der Waals surface area contributed by atoms with Gasteiger partial charge in [0.25, 0.3) is 10.0 Å². The molecule has 2 aromatic rings. The minimum Gasteiger partial charge on any atom is -0.506 e. The minimum absolute atomic E-state index is 0.0162. The topological polar surface area (TPSA) is 57.6 Å². The van der Waals surface area contributed by atoms with Crippen LogP contribution in [0, 0.1) is 13.8 Å². The molecule has 0 fully saturated rings. The number of rotatable bonds is 3. The van der Waals surface area contributed by atoms with Gasteiger partial charge in [0.15, 0.2) is 0 Å². The van der Waals surface area contributed by atoms with Crippen molar-refractivity contribution in [2.75, 3.05) is 10.8 Å². The molecule has 1 aromatic carbocycles. The lowest BCUT2D eigenvalue weighted by Crippen LogP contribution is -2.34. The SMILES string of the molecule is CCc1c(C)sc2c1C(O)=C(c1ccccc1C)S(=O)(=O)N2CC. The molecular formula is C18H21NO3S2. The van der Waals surface area contributed by atoms with Crippen molar-refractivity contribution >= 4 is 37.0 Å². The zero-order valence-electron chi connectivity index (χ0n) is 14.3. The summed E-state index contributed by atoms with van der Waals surface area (Å²) in [4.78, 5) is 1.07. The van der Waals surface area contributed by atoms with Gasteiger partial charge in [0.1, 0.15) is 15.7 Å². The lowest BCUT2D eigenvalue weighted by atomic mass is 10.0. The lowest BCUT2D eigenvalue weighted by molar-refractivity contribution is 0.512. The normalized spacial score (nSPS) is 16.4. The highest BCUT2D eigenvalue weighted by Crippen LogP contribution is 2.49. The van der Waals surface area contributed by atoms with Crippen molar-refractivity contribution in [3.05, 3.63) is 51.4 Å². The van der Waals surface area contributed by atoms with Crippen LogP contribution in [0.1, 0.15) is 41.0 Å². The molecular weight excluding hydrogens is 342 g/mol. The Labute approximate surface area is 147 Å². The van der Waals surface area contributed by atoms with Gasteiger partial charge in [-0.3, -0.25) is 4.31 Å². The van der Waals surface area contributed by atoms with Gasteiger partial charge in [-0.25, -0.2) is 8.42 Å². The number of thiophene rings is 1. The van der Waals surface area contributed by atoms with Gasteiger partial charge in [-0.15, -0.1) is 11.3 Å². The molecule has 0 spiro atoms. The van der Waals surface area contributed by atoms with E-state index in [0.29, 0.717) is 22.7 Å². The average Bonchev–Trinajstić information content (AvgIpc) is 2.85. The number of aryl methyl sites for hydroxylation is 2. The number of aliphatic hydroxyl groups is 1. The van der Waals surface area contributed by atoms with E-state index in [4.69, 9.17) is 0 Å². The highest BCUT2D eigenvalue weighted by atomic mass is 32.2. The second kappa shape index (κ2) is 5.93. The monoisotopic (exact) mass is 363 g/mol. The van der Waals surface area contributed by atoms with Gasteiger partial charge in [-0.1, -0.05) is 31.2 Å². The summed E-state index contributed by atoms with van der Waals surface area (Å²) in [7, 11) is -3.79. The van der Waals surface area contributed by atoms with Crippen molar-refractivity contribution in [1.82, 2.24) is 0 Å². The molecule has 2 heterocycles. The molecule has 1 aromatic heterocycles. The first kappa shape index (κ1) is 17.0. The van der Waals surface area contributed by atoms with Crippen LogP contribution in [0.15, 0.2) is 24.3 Å². The van der Waals surface area contributed by atoms with Crippen LogP contribution >= 0.6 is 11.3 Å². The molecule has 3 rings (SSSR count). The second-order valence-electron chi connectivity index (χ2n) is 5.83. The summed E-state index contributed by atoms with van der Waals surface area (Å²) >= 11 is 1.43. The number of hydrogen-bond acceptors (Lipinski definition) is 4. The fourth-order valence-electron chi connectivity index (χ4n) is 3.27. The van der Waals surface area contributed by atoms with Gasteiger partial charge in [0, 0.05) is 17.0 Å². The molecule has 0 amide bonds. The molecule has 0 radical (unpaired) electrons. The summed E-state index contributed by atoms with van der Waals surface area (Å²) in [6.45, 7) is 8.01. The van der Waals surface area contributed by atoms with E-state index in [0.717, 1.165) is 22.4 Å². The Kier molecular flexibility index (Phi) is 4.21. The first-order valence-electron chi connectivity index (χ1n) is 7.99. The van der Waals surface area contributed by atoms with Crippen LogP contribution in [0.3, 0.4) is 0 Å². The fourth-order valence-corrected chi connectivity index (χ4v) is 6.61. The summed E-state index contributed by atoms with van der Waals surface area (Å²) in [6, 6.07) is 7.27. The highest BCUT2D eigenvalue weighted by molar-refractivity contribution is 8.02. The molecule has 0 saturated carbocycles. The highest BCUT2D eigenvalue weighted by Gasteiger charge is 2.40. The molecule has 0 atom stereocenters. The first-order valence-corrected chi connectivity index (χ1v) is 10.2. The maximum atomic E-state index is 13.2. The Bertz CT molecular complexity index is 939. The van der Waals surface area contributed by atoms with Crippen LogP contribution in [0.2, 0.25) is 0 Å². The molecule has 1 N–H and O–H groups in total. The van der Waals surface area contributed by atoms with Gasteiger partial charge in [-0.2, -0.15) is 0 Å². The van der Waals surface area contributed by atoms with Gasteiger partial charge < -0.3 is 5.11 Å². The van der Waals surface area contributed by atoms with E-state index in [9.17, 15) is 13.5 Å². The number of sulfonamides is 1. The quantitative estimate of drug-likeness (QED) is 0.875. The molecule has 0 bridgehead atoms. The van der Waals surface area contributed by atoms with Crippen molar-refractivity contribution in [3.8, 4) is 0 Å². The average molecular weight is 364 g/mol. The molecule has 6 heteroatoms. The number of anilines is 1. The van der Waals surface area contributed by atoms with E-state index in [1.807, 2.05) is 39.8 Å². The molecule has 24 heavy (non-hydrogen) atoms. The number of aliphatic hydroxyl groups excluding tert-OH is 1. The lowest BCUT2D eigenvalue weighted by Gasteiger charge is -2.29. The van der Waals surface area contributed by atoms with Crippen LogP contribution in [-0.4, -0.2) is 20.1 Å². The Hall–Kier alpha value is -1.79. The molecule has 0 saturated heterocycles. The van der Waals surface area contributed by atoms with Crippen LogP contribution in [0.25, 0.3) is 10.7 Å². The van der Waals surface area contributed by atoms with E-state index in [-0.39, 0.29) is 10.7 Å². The van der Waals surface area contributed by atoms with E-state index in [1.165, 1.54) is 15.6 Å². The van der Waals surface area contributed by atoms with Crippen molar-refractivity contribution in [3.63, 3.8) is 0 Å². The summed E-state index contributed by atoms with van der Waals surface area (Å²) in [5.74, 6) is -0.120. The van der Waals surface area contributed by atoms with Gasteiger partial charge >= 0.3 is 0 Å². The van der Waals surface area contributed by atoms with Crippen molar-refractivity contribution in [1.29, 1.82) is 0 Å². The predicted molar refractivity (Wildman–Crippen MR) is 101 cm³/mol. The predicted octanol–water partition coefficient (Wildman–Crippen LogP) is 4.48. The third-order valence-corrected chi connectivity index (χ3v) is 7.68. The molecule has 0 unspecified atom stereocenters. The first-order chi connectivity index (χ1) is 11.3. The van der Waals surface area contributed by atoms with E-state index < -0.39 is 10.0 Å². The molecule has 4 nitrogen and oxygen atoms in total. The van der Waals surface area contributed by atoms with E-state index >= 15 is 0 Å². The van der Waals surface area contributed by atoms with Gasteiger partial charge in [-0.05, 0) is 38.3 Å². The maximum Gasteiger partial charge on any atom is 0.269 e. The van der Waals surface area contributed by atoms with Crippen molar-refractivity contribution in [2.24, 2.45) is 0 Å². The summed E-state index contributed by atoms with van der Waals surface area (Å²) in [6.07, 6.45) is 0.750. The van der Waals surface area contributed by atoms with E-state index in [1.54, 1.807) is 12.1 Å². The zero-order valence-corrected chi connectivity index (χ0v) is 15.9. The largest absolute Gasteiger partial charge is 0.506 e. The third-order valence-electron chi connectivity index (χ3n) is 4.45. The standard InChI is InChI=1S/C18H21NO3S2/c1-5-13-12(4)23-18-15(13)16(20)17(24(21,22)19(18)6-2)14-10-8-7-9-11(14)3/h7-10,20H,5-6H2,1-4H3. The van der Waals surface area contributed by atoms with Crippen molar-refractivity contribution in [2.45, 2.75) is 34.1 Å². The minimum atomic E-state index is -3.79. The second-order valence-corrected chi connectivity index (χ2v) is 8.84. The van der Waals surface area contributed by atoms with Crippen molar-refractivity contribution < 1.29 is 13.5 Å². The molecule has 1 aliphatic heterocycles. The summed E-state index contributed by atoms with van der Waals surface area (Å²) in [5, 5.41) is 11.6. The Morgan fingerprint density at radius 2 is 1.83 bits per heavy atom. The third kappa shape index (κ3) is 2.28. The molecule has 128 valence electrons. The van der Waals surface area contributed by atoms with Crippen LogP contribution in [0.4, 0.5) is 5.00 Å². The molecule has 0 aliphatic carbocycles. The maximum absolute atomic E-state index is 13.2. The van der Waals surface area contributed by atoms with Gasteiger partial charge in [0.05, 0.1) is 5.56 Å². The number of hydrogen-bond donors (Lipinski definition) is 1. The van der Waals surface area contributed by atoms with Crippen LogP contribution in [0.5, 0.6) is 0 Å². The van der Waals surface area contributed by atoms with Gasteiger partial charge in [0.2, 0.25) is 0 Å². The fraction of sp³-hybridized carbons (Fsp3) is 0.333. The number of nitrogens with zero attached hydrogens (tertiary/aromatic N) is 1. The summed E-state index contributed by atoms with van der Waals surface area (Å²) < 4.78 is 27.8. The van der Waals surface area contributed by atoms with E-state index in [2.05, 4.69) is 0 Å². The summed E-state index contributed by atoms with van der Waals surface area (Å²) in [5.41, 5.74) is 3.08. The van der Waals surface area contributed by atoms with Crippen LogP contribution in [-0.2, 0) is 16.4 Å². The molecule has 1 aliphatic rings.